The molecule has 1 saturated carbocycles. The van der Waals surface area contributed by atoms with E-state index in [-0.39, 0.29) is 38.3 Å². The largest absolute Gasteiger partial charge is 0.465 e. The van der Waals surface area contributed by atoms with E-state index in [1.165, 1.54) is 15.8 Å². The standard InChI is InChI=1S/C37H49N9O8/c1-37(2,54)29-20-41-44-46(29)24-19-28(34(50)42-26(31(47)32(38)48)15-6-7-16-40-36(52)53)45(21-24)35(51)27(18-22-10-4-3-5-11-22)43-33(49)25-14-8-12-23-13-9-17-39-30(23)25/h8-9,12-14,17,20,22,24,26-28,40,54H,3-7,10-11,15-16,18-19,21H2,1-2H3,(H2,38,48)(H,42,50)(H,43,49)(H,52,53)/t24-,26?,27+,28-/m0/s1. The summed E-state index contributed by atoms with van der Waals surface area (Å²) in [5.41, 5.74) is 5.10. The highest BCUT2D eigenvalue weighted by Crippen LogP contribution is 2.34. The summed E-state index contributed by atoms with van der Waals surface area (Å²) >= 11 is 0. The molecule has 54 heavy (non-hydrogen) atoms. The molecule has 3 aromatic rings. The first-order valence-corrected chi connectivity index (χ1v) is 18.4. The maximum Gasteiger partial charge on any atom is 0.404 e. The maximum atomic E-state index is 14.8. The van der Waals surface area contributed by atoms with Gasteiger partial charge >= 0.3 is 6.09 Å². The predicted octanol–water partition coefficient (Wildman–Crippen LogP) is 1.94. The number of para-hydroxylation sites is 1. The lowest BCUT2D eigenvalue weighted by Crippen LogP contribution is -2.56. The Balaban J connectivity index is 1.45. The maximum absolute atomic E-state index is 14.8. The van der Waals surface area contributed by atoms with Crippen molar-refractivity contribution in [2.45, 2.75) is 108 Å². The molecule has 0 spiro atoms. The number of hydrogen-bond acceptors (Lipinski definition) is 10. The molecule has 0 radical (unpaired) electrons. The second kappa shape index (κ2) is 17.6. The highest BCUT2D eigenvalue weighted by molar-refractivity contribution is 6.37. The molecule has 2 fully saturated rings. The van der Waals surface area contributed by atoms with Crippen molar-refractivity contribution in [1.82, 2.24) is 40.8 Å². The van der Waals surface area contributed by atoms with Crippen LogP contribution < -0.4 is 21.7 Å². The first-order chi connectivity index (χ1) is 25.7. The number of aromatic nitrogens is 4. The molecule has 1 saturated heterocycles. The van der Waals surface area contributed by atoms with Gasteiger partial charge in [-0.2, -0.15) is 0 Å². The Morgan fingerprint density at radius 2 is 1.74 bits per heavy atom. The number of ketones is 1. The molecule has 1 aromatic carbocycles. The Bertz CT molecular complexity index is 1850. The van der Waals surface area contributed by atoms with Gasteiger partial charge in [-0.25, -0.2) is 9.48 Å². The van der Waals surface area contributed by atoms with Gasteiger partial charge in [-0.1, -0.05) is 55.5 Å². The zero-order valence-corrected chi connectivity index (χ0v) is 30.6. The second-order valence-electron chi connectivity index (χ2n) is 14.7. The van der Waals surface area contributed by atoms with Crippen LogP contribution in [0.15, 0.2) is 42.7 Å². The van der Waals surface area contributed by atoms with Crippen LogP contribution >= 0.6 is 0 Å². The highest BCUT2D eigenvalue weighted by Gasteiger charge is 2.45. The molecule has 5 amide bonds. The zero-order chi connectivity index (χ0) is 39.0. The van der Waals surface area contributed by atoms with E-state index in [0.717, 1.165) is 37.5 Å². The van der Waals surface area contributed by atoms with Crippen molar-refractivity contribution in [3.63, 3.8) is 0 Å². The Morgan fingerprint density at radius 1 is 1.00 bits per heavy atom. The van der Waals surface area contributed by atoms with Crippen LogP contribution in [0.1, 0.15) is 100 Å². The summed E-state index contributed by atoms with van der Waals surface area (Å²) in [4.78, 5) is 84.4. The van der Waals surface area contributed by atoms with Gasteiger partial charge in [0, 0.05) is 31.1 Å². The van der Waals surface area contributed by atoms with Crippen molar-refractivity contribution in [2.24, 2.45) is 11.7 Å². The monoisotopic (exact) mass is 747 g/mol. The third-order valence-corrected chi connectivity index (χ3v) is 10.3. The number of carboxylic acid groups (broad SMARTS) is 1. The van der Waals surface area contributed by atoms with Gasteiger partial charge in [0.1, 0.15) is 17.7 Å². The van der Waals surface area contributed by atoms with Crippen LogP contribution in [0.3, 0.4) is 0 Å². The predicted molar refractivity (Wildman–Crippen MR) is 195 cm³/mol. The molecule has 5 rings (SSSR count). The van der Waals surface area contributed by atoms with Crippen molar-refractivity contribution in [1.29, 1.82) is 0 Å². The molecule has 290 valence electrons. The van der Waals surface area contributed by atoms with Gasteiger partial charge in [0.15, 0.2) is 0 Å². The molecule has 3 heterocycles. The van der Waals surface area contributed by atoms with E-state index in [4.69, 9.17) is 10.8 Å². The molecule has 0 bridgehead atoms. The fourth-order valence-corrected chi connectivity index (χ4v) is 7.51. The number of unbranched alkanes of at least 4 members (excludes halogenated alkanes) is 1. The Labute approximate surface area is 312 Å². The number of likely N-dealkylation sites (tertiary alicyclic amines) is 1. The summed E-state index contributed by atoms with van der Waals surface area (Å²) in [6, 6.07) is 4.68. The number of carbonyl (C=O) groups is 6. The summed E-state index contributed by atoms with van der Waals surface area (Å²) in [6.07, 6.45) is 7.57. The number of nitrogens with zero attached hydrogens (tertiary/aromatic N) is 5. The summed E-state index contributed by atoms with van der Waals surface area (Å²) in [6.45, 7) is 3.19. The molecule has 1 aliphatic heterocycles. The van der Waals surface area contributed by atoms with Crippen LogP contribution in [0.5, 0.6) is 0 Å². The van der Waals surface area contributed by atoms with Gasteiger partial charge in [-0.15, -0.1) is 5.10 Å². The zero-order valence-electron chi connectivity index (χ0n) is 30.6. The fourth-order valence-electron chi connectivity index (χ4n) is 7.51. The molecule has 1 unspecified atom stereocenters. The lowest BCUT2D eigenvalue weighted by Gasteiger charge is -2.32. The normalized spacial score (nSPS) is 18.8. The molecule has 17 heteroatoms. The lowest BCUT2D eigenvalue weighted by molar-refractivity contribution is -0.142. The fraction of sp³-hybridized carbons (Fsp3) is 0.541. The second-order valence-corrected chi connectivity index (χ2v) is 14.7. The summed E-state index contributed by atoms with van der Waals surface area (Å²) < 4.78 is 1.48. The SMILES string of the molecule is CC(C)(O)c1cnnn1[C@H]1C[C@@H](C(=O)NC(CCCCNC(=O)O)C(=O)C(N)=O)N(C(=O)[C@@H](CC2CCCCC2)NC(=O)c2cccc3cccnc23)C1. The van der Waals surface area contributed by atoms with Crippen LogP contribution in [0.25, 0.3) is 10.9 Å². The third kappa shape index (κ3) is 9.75. The van der Waals surface area contributed by atoms with Gasteiger partial charge in [0.2, 0.25) is 17.6 Å². The Kier molecular flexibility index (Phi) is 12.9. The molecule has 2 aromatic heterocycles. The van der Waals surface area contributed by atoms with Gasteiger partial charge < -0.3 is 36.8 Å². The number of primary amides is 1. The molecule has 4 atom stereocenters. The van der Waals surface area contributed by atoms with Gasteiger partial charge in [0.25, 0.3) is 11.8 Å². The van der Waals surface area contributed by atoms with E-state index in [9.17, 15) is 33.9 Å². The lowest BCUT2D eigenvalue weighted by atomic mass is 9.84. The number of hydrogen-bond donors (Lipinski definition) is 6. The number of pyridine rings is 1. The van der Waals surface area contributed by atoms with Crippen LogP contribution in [-0.4, -0.2) is 102 Å². The minimum atomic E-state index is -1.36. The number of aliphatic hydroxyl groups is 1. The van der Waals surface area contributed by atoms with Crippen molar-refractivity contribution in [3.05, 3.63) is 54.0 Å². The summed E-state index contributed by atoms with van der Waals surface area (Å²) in [7, 11) is 0. The third-order valence-electron chi connectivity index (χ3n) is 10.3. The van der Waals surface area contributed by atoms with Gasteiger partial charge in [-0.05, 0) is 57.6 Å². The van der Waals surface area contributed by atoms with Crippen LogP contribution in [-0.2, 0) is 24.8 Å². The molecule has 1 aliphatic carbocycles. The topological polar surface area (TPSA) is 252 Å². The molecule has 17 nitrogen and oxygen atoms in total. The Hall–Kier alpha value is -5.45. The van der Waals surface area contributed by atoms with E-state index in [1.54, 1.807) is 38.2 Å². The first kappa shape index (κ1) is 39.8. The molecular weight excluding hydrogens is 698 g/mol. The first-order valence-electron chi connectivity index (χ1n) is 18.4. The van der Waals surface area contributed by atoms with E-state index in [1.807, 2.05) is 12.1 Å². The average molecular weight is 748 g/mol. The number of nitrogens with one attached hydrogen (secondary N) is 3. The molecule has 7 N–H and O–H groups in total. The Morgan fingerprint density at radius 3 is 2.44 bits per heavy atom. The summed E-state index contributed by atoms with van der Waals surface area (Å²) in [5, 5.41) is 36.5. The molecule has 2 aliphatic rings. The number of Topliss-reactive ketones (excluding diaryl/α,β-unsaturated/α-hetero) is 1. The number of rotatable bonds is 16. The van der Waals surface area contributed by atoms with Crippen molar-refractivity contribution in [3.8, 4) is 0 Å². The van der Waals surface area contributed by atoms with Crippen LogP contribution in [0, 0.1) is 5.92 Å². The molecular formula is C37H49N9O8. The van der Waals surface area contributed by atoms with Crippen molar-refractivity contribution >= 4 is 46.4 Å². The quantitative estimate of drug-likeness (QED) is 0.0912. The highest BCUT2D eigenvalue weighted by atomic mass is 16.4. The van der Waals surface area contributed by atoms with Gasteiger partial charge in [0.05, 0.1) is 35.1 Å². The number of amides is 5. The minimum absolute atomic E-state index is 0.00966. The number of benzene rings is 1. The van der Waals surface area contributed by atoms with E-state index in [0.29, 0.717) is 29.6 Å². The number of nitrogens with two attached hydrogens (primary N) is 1. The minimum Gasteiger partial charge on any atom is -0.465 e. The van der Waals surface area contributed by atoms with Crippen molar-refractivity contribution < 1.29 is 39.0 Å². The van der Waals surface area contributed by atoms with Crippen molar-refractivity contribution in [2.75, 3.05) is 13.1 Å². The van der Waals surface area contributed by atoms with Crippen LogP contribution in [0.2, 0.25) is 0 Å². The van der Waals surface area contributed by atoms with Gasteiger partial charge in [-0.3, -0.25) is 29.0 Å². The van der Waals surface area contributed by atoms with E-state index in [2.05, 4.69) is 31.2 Å². The van der Waals surface area contributed by atoms with Crippen LogP contribution in [0.4, 0.5) is 4.79 Å². The summed E-state index contributed by atoms with van der Waals surface area (Å²) in [5.74, 6) is -3.86. The van der Waals surface area contributed by atoms with E-state index < -0.39 is 65.3 Å². The average Bonchev–Trinajstić information content (AvgIpc) is 3.82. The number of carbonyl (C=O) groups excluding carboxylic acids is 5. The number of fused-ring (bicyclic) bond motifs is 1. The smallest absolute Gasteiger partial charge is 0.404 e. The van der Waals surface area contributed by atoms with E-state index >= 15 is 0 Å².